The maximum absolute atomic E-state index is 14.6. The third-order valence-corrected chi connectivity index (χ3v) is 13.9. The summed E-state index contributed by atoms with van der Waals surface area (Å²) in [4.78, 5) is 154. The Morgan fingerprint density at radius 3 is 1.42 bits per heavy atom. The molecule has 0 aliphatic carbocycles. The first-order valence-electron chi connectivity index (χ1n) is 29.8. The molecule has 85 heavy (non-hydrogen) atoms. The molecule has 0 saturated carbocycles. The molecule has 28 nitrogen and oxygen atoms in total. The van der Waals surface area contributed by atoms with Crippen molar-refractivity contribution in [1.29, 1.82) is 0 Å². The molecule has 1 aliphatic rings. The van der Waals surface area contributed by atoms with Crippen molar-refractivity contribution in [2.24, 2.45) is 46.4 Å². The first-order valence-corrected chi connectivity index (χ1v) is 29.8. The third-order valence-electron chi connectivity index (χ3n) is 13.9. The molecule has 0 spiro atoms. The zero-order valence-electron chi connectivity index (χ0n) is 50.7. The lowest BCUT2D eigenvalue weighted by atomic mass is 10.00. The van der Waals surface area contributed by atoms with Crippen LogP contribution in [-0.4, -0.2) is 176 Å². The molecule has 11 atom stereocenters. The van der Waals surface area contributed by atoms with Crippen molar-refractivity contribution in [3.05, 3.63) is 35.9 Å². The van der Waals surface area contributed by atoms with Gasteiger partial charge in [0.2, 0.25) is 65.0 Å². The average molecular weight is 1200 g/mol. The normalized spacial score (nSPS) is 22.3. The van der Waals surface area contributed by atoms with E-state index in [0.717, 1.165) is 12.8 Å². The van der Waals surface area contributed by atoms with Crippen molar-refractivity contribution >= 4 is 65.0 Å². The summed E-state index contributed by atoms with van der Waals surface area (Å²) in [6.07, 6.45) is -0.0617. The van der Waals surface area contributed by atoms with Crippen LogP contribution in [0.3, 0.4) is 0 Å². The van der Waals surface area contributed by atoms with Gasteiger partial charge in [0.05, 0.1) is 6.10 Å². The van der Waals surface area contributed by atoms with Gasteiger partial charge < -0.3 is 92.3 Å². The Balaban J connectivity index is 2.71. The Kier molecular flexibility index (Phi) is 34.7. The summed E-state index contributed by atoms with van der Waals surface area (Å²) < 4.78 is 0. The minimum atomic E-state index is -1.68. The Bertz CT molecular complexity index is 2310. The molecule has 2 rings (SSSR count). The third kappa shape index (κ3) is 27.8. The van der Waals surface area contributed by atoms with Crippen LogP contribution < -0.4 is 87.2 Å². The molecule has 0 radical (unpaired) electrons. The standard InChI is InChI=1S/C57H100N16O12/c1-32(2)13-11-12-16-46(75)64-37(17-23-58)54(82)73-47(35(7)74)57(85)69-41(21-27-62)50(78)68-42-22-28-63-48(76)43(29-33(3)4)70-51(79)39(19-25-60)65-49(77)38(18-24-59)67-55(83)44(30-34(5)6)71-56(84)45(31-36-14-9-8-10-15-36)72-52(80)40(20-26-61)66-53(42)81/h8-10,14-15,32-35,37-45,47,74H,11-13,16-31,58-62H2,1-7H3,(H,63,76)(H,64,75)(H,65,77)(H,66,81)(H,67,83)(H,68,78)(H,69,85)(H,70,79)(H,71,84)(H,72,80)(H,73,82)/t35-,37+,38+,39+,40?,41+,42?,43?,44+,45-,47+/m1/s1. The molecule has 28 heteroatoms. The molecule has 22 N–H and O–H groups in total. The van der Waals surface area contributed by atoms with Crippen LogP contribution in [0.25, 0.3) is 0 Å². The molecule has 1 aromatic carbocycles. The predicted molar refractivity (Wildman–Crippen MR) is 319 cm³/mol. The smallest absolute Gasteiger partial charge is 0.245 e. The summed E-state index contributed by atoms with van der Waals surface area (Å²) in [5, 5.41) is 39.7. The molecular weight excluding hydrogens is 1100 g/mol. The Morgan fingerprint density at radius 1 is 0.506 bits per heavy atom. The van der Waals surface area contributed by atoms with Crippen molar-refractivity contribution in [2.75, 3.05) is 39.3 Å². The molecule has 1 heterocycles. The zero-order chi connectivity index (χ0) is 63.8. The van der Waals surface area contributed by atoms with E-state index in [1.165, 1.54) is 6.92 Å². The van der Waals surface area contributed by atoms with Crippen LogP contribution in [-0.2, 0) is 59.2 Å². The van der Waals surface area contributed by atoms with E-state index >= 15 is 0 Å². The average Bonchev–Trinajstić information content (AvgIpc) is 3.64. The molecule has 480 valence electrons. The van der Waals surface area contributed by atoms with E-state index in [-0.39, 0.29) is 115 Å². The van der Waals surface area contributed by atoms with E-state index in [1.807, 2.05) is 0 Å². The van der Waals surface area contributed by atoms with Gasteiger partial charge in [-0.3, -0.25) is 52.7 Å². The van der Waals surface area contributed by atoms with E-state index in [2.05, 4.69) is 72.3 Å². The molecule has 3 unspecified atom stereocenters. The van der Waals surface area contributed by atoms with E-state index in [4.69, 9.17) is 28.7 Å². The van der Waals surface area contributed by atoms with Crippen molar-refractivity contribution in [1.82, 2.24) is 58.5 Å². The van der Waals surface area contributed by atoms with Crippen molar-refractivity contribution in [2.45, 2.75) is 198 Å². The second kappa shape index (κ2) is 39.7. The van der Waals surface area contributed by atoms with Crippen LogP contribution in [0.2, 0.25) is 0 Å². The van der Waals surface area contributed by atoms with Gasteiger partial charge in [0.25, 0.3) is 0 Å². The van der Waals surface area contributed by atoms with Crippen molar-refractivity contribution in [3.8, 4) is 0 Å². The van der Waals surface area contributed by atoms with Gasteiger partial charge in [0.15, 0.2) is 0 Å². The van der Waals surface area contributed by atoms with Crippen LogP contribution in [0.15, 0.2) is 30.3 Å². The number of unbranched alkanes of at least 4 members (excludes halogenated alkanes) is 1. The number of hydrogen-bond acceptors (Lipinski definition) is 17. The quantitative estimate of drug-likeness (QED) is 0.0340. The highest BCUT2D eigenvalue weighted by atomic mass is 16.3. The second-order valence-electron chi connectivity index (χ2n) is 22.9. The second-order valence-corrected chi connectivity index (χ2v) is 22.9. The lowest BCUT2D eigenvalue weighted by molar-refractivity contribution is -0.137. The van der Waals surface area contributed by atoms with E-state index in [9.17, 15) is 57.8 Å². The van der Waals surface area contributed by atoms with Crippen LogP contribution in [0.1, 0.15) is 131 Å². The summed E-state index contributed by atoms with van der Waals surface area (Å²) in [6, 6.07) is -5.32. The van der Waals surface area contributed by atoms with E-state index < -0.39 is 132 Å². The first-order chi connectivity index (χ1) is 40.3. The lowest BCUT2D eigenvalue weighted by Gasteiger charge is -2.29. The van der Waals surface area contributed by atoms with E-state index in [1.54, 1.807) is 58.0 Å². The van der Waals surface area contributed by atoms with Gasteiger partial charge in [-0.15, -0.1) is 0 Å². The first kappa shape index (κ1) is 74.3. The summed E-state index contributed by atoms with van der Waals surface area (Å²) in [5.74, 6) is -8.93. The van der Waals surface area contributed by atoms with Crippen LogP contribution in [0.5, 0.6) is 0 Å². The van der Waals surface area contributed by atoms with Crippen molar-refractivity contribution in [3.63, 3.8) is 0 Å². The van der Waals surface area contributed by atoms with Gasteiger partial charge in [0, 0.05) is 19.4 Å². The van der Waals surface area contributed by atoms with Gasteiger partial charge in [-0.25, -0.2) is 0 Å². The Morgan fingerprint density at radius 2 is 0.953 bits per heavy atom. The monoisotopic (exact) mass is 1200 g/mol. The minimum Gasteiger partial charge on any atom is -0.391 e. The number of nitrogens with two attached hydrogens (primary N) is 5. The maximum Gasteiger partial charge on any atom is 0.245 e. The van der Waals surface area contributed by atoms with Gasteiger partial charge in [-0.1, -0.05) is 84.7 Å². The molecule has 0 aromatic heterocycles. The fraction of sp³-hybridized carbons (Fsp3) is 0.702. The van der Waals surface area contributed by atoms with E-state index in [0.29, 0.717) is 17.9 Å². The lowest BCUT2D eigenvalue weighted by Crippen LogP contribution is -2.62. The number of benzene rings is 1. The maximum atomic E-state index is 14.6. The van der Waals surface area contributed by atoms with Crippen LogP contribution >= 0.6 is 0 Å². The van der Waals surface area contributed by atoms with Crippen LogP contribution in [0, 0.1) is 17.8 Å². The van der Waals surface area contributed by atoms with Gasteiger partial charge >= 0.3 is 0 Å². The largest absolute Gasteiger partial charge is 0.391 e. The number of amides is 11. The number of aliphatic hydroxyl groups is 1. The fourth-order valence-corrected chi connectivity index (χ4v) is 9.31. The molecule has 1 aromatic rings. The molecular formula is C57H100N16O12. The van der Waals surface area contributed by atoms with Crippen molar-refractivity contribution < 1.29 is 57.8 Å². The highest BCUT2D eigenvalue weighted by Crippen LogP contribution is 2.13. The SMILES string of the molecule is CC(C)CCCCC(=O)N[C@@H](CCN)C(=O)N[C@H](C(=O)N[C@@H](CCN)C(=O)NC1CCNC(=O)C(CC(C)C)NC(=O)[C@H](CCN)NC(=O)[C@H](CCN)NC(=O)[C@H](CC(C)C)NC(=O)[C@@H](Cc2ccccc2)NC(=O)C(CCN)NC1=O)[C@@H](C)O. The Hall–Kier alpha value is -6.85. The summed E-state index contributed by atoms with van der Waals surface area (Å²) in [5.41, 5.74) is 30.1. The molecule has 0 bridgehead atoms. The molecule has 1 aliphatic heterocycles. The Labute approximate surface area is 499 Å². The number of nitrogens with one attached hydrogen (secondary N) is 11. The molecule has 1 saturated heterocycles. The molecule has 11 amide bonds. The topological polar surface area (TPSA) is 470 Å². The molecule has 1 fully saturated rings. The number of rotatable bonds is 29. The van der Waals surface area contributed by atoms with Gasteiger partial charge in [-0.2, -0.15) is 0 Å². The van der Waals surface area contributed by atoms with Gasteiger partial charge in [-0.05, 0) is 121 Å². The number of hydrogen-bond donors (Lipinski definition) is 17. The van der Waals surface area contributed by atoms with Gasteiger partial charge in [0.1, 0.15) is 60.4 Å². The summed E-state index contributed by atoms with van der Waals surface area (Å²) in [6.45, 7) is 11.7. The predicted octanol–water partition coefficient (Wildman–Crippen LogP) is -3.97. The summed E-state index contributed by atoms with van der Waals surface area (Å²) >= 11 is 0. The highest BCUT2D eigenvalue weighted by molar-refractivity contribution is 5.99. The fourth-order valence-electron chi connectivity index (χ4n) is 9.31. The number of carbonyl (C=O) groups excluding carboxylic acids is 11. The number of aliphatic hydroxyl groups excluding tert-OH is 1. The summed E-state index contributed by atoms with van der Waals surface area (Å²) in [7, 11) is 0. The zero-order valence-corrected chi connectivity index (χ0v) is 50.7. The van der Waals surface area contributed by atoms with Crippen LogP contribution in [0.4, 0.5) is 0 Å². The highest BCUT2D eigenvalue weighted by Gasteiger charge is 2.37. The number of carbonyl (C=O) groups is 11. The minimum absolute atomic E-state index is 0.00555.